The van der Waals surface area contributed by atoms with Crippen LogP contribution < -0.4 is 0 Å². The molecule has 0 aromatic carbocycles. The first kappa shape index (κ1) is 25.8. The van der Waals surface area contributed by atoms with Crippen LogP contribution in [0.3, 0.4) is 0 Å². The van der Waals surface area contributed by atoms with Crippen LogP contribution in [0, 0.1) is 0 Å². The molecule has 1 aliphatic rings. The Morgan fingerprint density at radius 1 is 0.767 bits per heavy atom. The summed E-state index contributed by atoms with van der Waals surface area (Å²) in [6.07, 6.45) is -5.76. The fourth-order valence-electron chi connectivity index (χ4n) is 2.77. The van der Waals surface area contributed by atoms with Gasteiger partial charge in [-0.25, -0.2) is 0 Å². The molecular weight excluding hydrogens is 402 g/mol. The van der Waals surface area contributed by atoms with E-state index < -0.39 is 54.6 Å². The molecular formula is C19H32NO10+. The van der Waals surface area contributed by atoms with Gasteiger partial charge in [-0.05, 0) is 0 Å². The van der Waals surface area contributed by atoms with Gasteiger partial charge in [0.2, 0.25) is 0 Å². The molecule has 1 aliphatic heterocycles. The van der Waals surface area contributed by atoms with Crippen molar-refractivity contribution in [3.8, 4) is 0 Å². The average molecular weight is 434 g/mol. The molecule has 0 amide bonds. The minimum absolute atomic E-state index is 0.233. The number of rotatable bonds is 9. The van der Waals surface area contributed by atoms with Crippen LogP contribution in [0.4, 0.5) is 0 Å². The smallest absolute Gasteiger partial charge is 0.303 e. The van der Waals surface area contributed by atoms with Gasteiger partial charge in [0.25, 0.3) is 0 Å². The van der Waals surface area contributed by atoms with Gasteiger partial charge in [-0.1, -0.05) is 0 Å². The monoisotopic (exact) mass is 434 g/mol. The van der Waals surface area contributed by atoms with E-state index in [1.165, 1.54) is 27.7 Å². The SMILES string of the molecule is CC(=O)OC[C@@H]1O[C@@H](OCC[N+](C)(C)C)[C@@H](OC(C)=O)[C@@H](OC(C)=O)[C@H]1OC(C)=O. The summed E-state index contributed by atoms with van der Waals surface area (Å²) in [5.41, 5.74) is 0. The first-order chi connectivity index (χ1) is 13.8. The van der Waals surface area contributed by atoms with Gasteiger partial charge in [-0.15, -0.1) is 0 Å². The minimum atomic E-state index is -1.22. The minimum Gasteiger partial charge on any atom is -0.463 e. The lowest BCUT2D eigenvalue weighted by molar-refractivity contribution is -0.871. The fraction of sp³-hybridized carbons (Fsp3) is 0.789. The molecule has 1 saturated heterocycles. The molecule has 0 aromatic rings. The lowest BCUT2D eigenvalue weighted by Crippen LogP contribution is -2.63. The van der Waals surface area contributed by atoms with Gasteiger partial charge < -0.3 is 32.9 Å². The van der Waals surface area contributed by atoms with Crippen LogP contribution in [-0.4, -0.2) is 100.0 Å². The molecule has 0 bridgehead atoms. The van der Waals surface area contributed by atoms with Crippen molar-refractivity contribution in [2.45, 2.75) is 58.4 Å². The van der Waals surface area contributed by atoms with E-state index in [0.29, 0.717) is 11.0 Å². The van der Waals surface area contributed by atoms with Gasteiger partial charge in [0.15, 0.2) is 24.6 Å². The van der Waals surface area contributed by atoms with E-state index >= 15 is 0 Å². The second-order valence-corrected chi connectivity index (χ2v) is 7.95. The second kappa shape index (κ2) is 11.2. The summed E-state index contributed by atoms with van der Waals surface area (Å²) in [6.45, 7) is 5.28. The Morgan fingerprint density at radius 3 is 1.73 bits per heavy atom. The molecule has 0 unspecified atom stereocenters. The molecule has 1 rings (SSSR count). The van der Waals surface area contributed by atoms with E-state index in [2.05, 4.69) is 0 Å². The quantitative estimate of drug-likeness (QED) is 0.274. The zero-order valence-electron chi connectivity index (χ0n) is 18.5. The number of carbonyl (C=O) groups excluding carboxylic acids is 4. The van der Waals surface area contributed by atoms with Gasteiger partial charge in [-0.3, -0.25) is 19.2 Å². The van der Waals surface area contributed by atoms with Crippen LogP contribution in [0.5, 0.6) is 0 Å². The molecule has 0 spiro atoms. The van der Waals surface area contributed by atoms with Crippen LogP contribution in [-0.2, 0) is 47.6 Å². The maximum absolute atomic E-state index is 11.7. The summed E-state index contributed by atoms with van der Waals surface area (Å²) in [5, 5.41) is 0. The third kappa shape index (κ3) is 9.06. The van der Waals surface area contributed by atoms with Crippen LogP contribution in [0.1, 0.15) is 27.7 Å². The van der Waals surface area contributed by atoms with Gasteiger partial charge in [0.05, 0.1) is 27.7 Å². The van der Waals surface area contributed by atoms with Crippen molar-refractivity contribution in [2.75, 3.05) is 40.9 Å². The molecule has 5 atom stereocenters. The maximum Gasteiger partial charge on any atom is 0.303 e. The highest BCUT2D eigenvalue weighted by Crippen LogP contribution is 2.30. The number of carbonyl (C=O) groups is 4. The maximum atomic E-state index is 11.7. The van der Waals surface area contributed by atoms with Gasteiger partial charge in [0.1, 0.15) is 19.3 Å². The molecule has 1 heterocycles. The van der Waals surface area contributed by atoms with Crippen molar-refractivity contribution in [3.63, 3.8) is 0 Å². The Balaban J connectivity index is 3.22. The fourth-order valence-corrected chi connectivity index (χ4v) is 2.77. The normalized spacial score (nSPS) is 26.4. The molecule has 11 nitrogen and oxygen atoms in total. The van der Waals surface area contributed by atoms with Crippen LogP contribution in [0.25, 0.3) is 0 Å². The molecule has 0 aliphatic carbocycles. The Hall–Kier alpha value is -2.24. The van der Waals surface area contributed by atoms with Gasteiger partial charge in [-0.2, -0.15) is 0 Å². The first-order valence-corrected chi connectivity index (χ1v) is 9.52. The number of ether oxygens (including phenoxy) is 6. The molecule has 0 radical (unpaired) electrons. The van der Waals surface area contributed by atoms with Crippen molar-refractivity contribution >= 4 is 23.9 Å². The number of hydrogen-bond donors (Lipinski definition) is 0. The average Bonchev–Trinajstić information content (AvgIpc) is 2.55. The largest absolute Gasteiger partial charge is 0.463 e. The zero-order chi connectivity index (χ0) is 23.1. The standard InChI is InChI=1S/C19H32NO10/c1-11(21)26-10-15-16(27-12(2)22)17(28-13(3)23)18(29-14(4)24)19(30-15)25-9-8-20(5,6)7/h15-19H,8-10H2,1-7H3/q+1/t15-,16-,17-,18-,19+/m0/s1. The Kier molecular flexibility index (Phi) is 9.66. The van der Waals surface area contributed by atoms with Crippen molar-refractivity contribution < 1.29 is 52.1 Å². The van der Waals surface area contributed by atoms with Crippen molar-refractivity contribution in [3.05, 3.63) is 0 Å². The van der Waals surface area contributed by atoms with E-state index in [9.17, 15) is 19.2 Å². The van der Waals surface area contributed by atoms with E-state index in [-0.39, 0.29) is 13.2 Å². The van der Waals surface area contributed by atoms with Crippen LogP contribution in [0.15, 0.2) is 0 Å². The van der Waals surface area contributed by atoms with Gasteiger partial charge in [0, 0.05) is 27.7 Å². The lowest BCUT2D eigenvalue weighted by atomic mass is 9.98. The predicted octanol–water partition coefficient (Wildman–Crippen LogP) is -0.208. The van der Waals surface area contributed by atoms with E-state index in [4.69, 9.17) is 28.4 Å². The molecule has 11 heteroatoms. The third-order valence-electron chi connectivity index (χ3n) is 3.99. The number of esters is 4. The summed E-state index contributed by atoms with van der Waals surface area (Å²) in [5.74, 6) is -2.61. The predicted molar refractivity (Wildman–Crippen MR) is 101 cm³/mol. The molecule has 1 fully saturated rings. The highest BCUT2D eigenvalue weighted by atomic mass is 16.7. The van der Waals surface area contributed by atoms with Crippen molar-refractivity contribution in [1.82, 2.24) is 0 Å². The van der Waals surface area contributed by atoms with E-state index in [0.717, 1.165) is 0 Å². The number of hydrogen-bond acceptors (Lipinski definition) is 10. The number of likely N-dealkylation sites (N-methyl/N-ethyl adjacent to an activating group) is 1. The Labute approximate surface area is 176 Å². The Bertz CT molecular complexity index is 629. The molecule has 172 valence electrons. The summed E-state index contributed by atoms with van der Waals surface area (Å²) < 4.78 is 33.2. The van der Waals surface area contributed by atoms with Crippen LogP contribution in [0.2, 0.25) is 0 Å². The zero-order valence-corrected chi connectivity index (χ0v) is 18.5. The number of nitrogens with zero attached hydrogens (tertiary/aromatic N) is 1. The van der Waals surface area contributed by atoms with E-state index in [1.54, 1.807) is 0 Å². The van der Waals surface area contributed by atoms with Crippen LogP contribution >= 0.6 is 0 Å². The Morgan fingerprint density at radius 2 is 1.27 bits per heavy atom. The van der Waals surface area contributed by atoms with E-state index in [1.807, 2.05) is 21.1 Å². The lowest BCUT2D eigenvalue weighted by Gasteiger charge is -2.44. The van der Waals surface area contributed by atoms with Crippen molar-refractivity contribution in [2.24, 2.45) is 0 Å². The summed E-state index contributed by atoms with van der Waals surface area (Å²) >= 11 is 0. The van der Waals surface area contributed by atoms with Gasteiger partial charge >= 0.3 is 23.9 Å². The molecule has 0 aromatic heterocycles. The van der Waals surface area contributed by atoms with Crippen molar-refractivity contribution in [1.29, 1.82) is 0 Å². The summed E-state index contributed by atoms with van der Waals surface area (Å²) in [7, 11) is 5.91. The second-order valence-electron chi connectivity index (χ2n) is 7.95. The summed E-state index contributed by atoms with van der Waals surface area (Å²) in [6, 6.07) is 0. The molecule has 0 saturated carbocycles. The third-order valence-corrected chi connectivity index (χ3v) is 3.99. The highest BCUT2D eigenvalue weighted by molar-refractivity contribution is 5.68. The number of quaternary nitrogens is 1. The summed E-state index contributed by atoms with van der Waals surface area (Å²) in [4.78, 5) is 46.3. The molecule has 0 N–H and O–H groups in total. The topological polar surface area (TPSA) is 124 Å². The molecule has 30 heavy (non-hydrogen) atoms. The first-order valence-electron chi connectivity index (χ1n) is 9.52. The highest BCUT2D eigenvalue weighted by Gasteiger charge is 2.52.